The fourth-order valence-corrected chi connectivity index (χ4v) is 2.85. The van der Waals surface area contributed by atoms with Crippen LogP contribution in [0.3, 0.4) is 0 Å². The van der Waals surface area contributed by atoms with Gasteiger partial charge in [0.25, 0.3) is 0 Å². The Balaban J connectivity index is 2.23. The molecule has 0 radical (unpaired) electrons. The van der Waals surface area contributed by atoms with Gasteiger partial charge in [0, 0.05) is 12.5 Å². The molecule has 1 aromatic carbocycles. The summed E-state index contributed by atoms with van der Waals surface area (Å²) in [5, 5.41) is 23.6. The van der Waals surface area contributed by atoms with E-state index in [-0.39, 0.29) is 22.6 Å². The van der Waals surface area contributed by atoms with Gasteiger partial charge >= 0.3 is 5.69 Å². The molecule has 6 nitrogen and oxygen atoms in total. The maximum atomic E-state index is 11.1. The third-order valence-electron chi connectivity index (χ3n) is 3.83. The molecule has 0 bridgehead atoms. The van der Waals surface area contributed by atoms with Crippen LogP contribution < -0.4 is 10.1 Å². The Bertz CT molecular complexity index is 587. The summed E-state index contributed by atoms with van der Waals surface area (Å²) in [7, 11) is 1.74. The molecule has 1 fully saturated rings. The number of ether oxygens (including phenoxy) is 1. The van der Waals surface area contributed by atoms with E-state index in [0.29, 0.717) is 6.42 Å². The molecule has 1 aliphatic carbocycles. The Hall–Kier alpha value is -1.84. The number of halogens is 1. The number of rotatable bonds is 4. The lowest BCUT2D eigenvalue weighted by molar-refractivity contribution is -0.386. The second-order valence-electron chi connectivity index (χ2n) is 5.13. The molecular weight excluding hydrogens is 294 g/mol. The van der Waals surface area contributed by atoms with Gasteiger partial charge in [-0.15, -0.1) is 0 Å². The first-order valence-corrected chi connectivity index (χ1v) is 7.09. The first-order chi connectivity index (χ1) is 10.0. The van der Waals surface area contributed by atoms with Gasteiger partial charge in [0.2, 0.25) is 5.75 Å². The first-order valence-electron chi connectivity index (χ1n) is 6.71. The number of nitriles is 1. The number of nitro benzene ring substituents is 1. The van der Waals surface area contributed by atoms with E-state index >= 15 is 0 Å². The molecule has 2 atom stereocenters. The van der Waals surface area contributed by atoms with E-state index in [9.17, 15) is 15.4 Å². The third-order valence-corrected chi connectivity index (χ3v) is 4.12. The molecule has 7 heteroatoms. The van der Waals surface area contributed by atoms with E-state index in [2.05, 4.69) is 11.4 Å². The zero-order chi connectivity index (χ0) is 15.5. The Kier molecular flexibility index (Phi) is 4.66. The highest BCUT2D eigenvalue weighted by molar-refractivity contribution is 6.32. The molecule has 0 heterocycles. The zero-order valence-corrected chi connectivity index (χ0v) is 12.4. The number of nitro groups is 1. The average Bonchev–Trinajstić information content (AvgIpc) is 2.49. The quantitative estimate of drug-likeness (QED) is 0.682. The molecule has 0 amide bonds. The van der Waals surface area contributed by atoms with Crippen molar-refractivity contribution in [2.24, 2.45) is 0 Å². The molecule has 112 valence electrons. The van der Waals surface area contributed by atoms with Crippen LogP contribution in [0.5, 0.6) is 5.75 Å². The molecule has 1 aliphatic rings. The molecule has 1 aromatic rings. The second-order valence-corrected chi connectivity index (χ2v) is 5.53. The Morgan fingerprint density at radius 1 is 1.62 bits per heavy atom. The highest BCUT2D eigenvalue weighted by Crippen LogP contribution is 2.38. The molecule has 2 unspecified atom stereocenters. The molecule has 0 saturated heterocycles. The smallest absolute Gasteiger partial charge is 0.312 e. The van der Waals surface area contributed by atoms with Crippen LogP contribution in [0, 0.1) is 21.4 Å². The summed E-state index contributed by atoms with van der Waals surface area (Å²) in [5.41, 5.74) is -0.793. The lowest BCUT2D eigenvalue weighted by atomic mass is 9.81. The summed E-state index contributed by atoms with van der Waals surface area (Å²) < 4.78 is 5.77. The molecule has 1 N–H and O–H groups in total. The summed E-state index contributed by atoms with van der Waals surface area (Å²) in [5.74, 6) is 0.0824. The minimum atomic E-state index is -0.640. The van der Waals surface area contributed by atoms with Crippen LogP contribution in [-0.2, 0) is 0 Å². The van der Waals surface area contributed by atoms with Crippen molar-refractivity contribution in [3.8, 4) is 11.8 Å². The van der Waals surface area contributed by atoms with E-state index in [1.807, 2.05) is 0 Å². The molecule has 1 saturated carbocycles. The van der Waals surface area contributed by atoms with Gasteiger partial charge in [0.05, 0.1) is 16.0 Å². The maximum Gasteiger partial charge on any atom is 0.312 e. The molecule has 21 heavy (non-hydrogen) atoms. The summed E-state index contributed by atoms with van der Waals surface area (Å²) in [6, 6.07) is 6.71. The van der Waals surface area contributed by atoms with E-state index in [1.54, 1.807) is 13.1 Å². The summed E-state index contributed by atoms with van der Waals surface area (Å²) in [6.45, 7) is 0. The van der Waals surface area contributed by atoms with Crippen LogP contribution in [0.25, 0.3) is 0 Å². The van der Waals surface area contributed by atoms with Gasteiger partial charge in [-0.05, 0) is 32.4 Å². The number of hydrogen-bond acceptors (Lipinski definition) is 5. The van der Waals surface area contributed by atoms with Crippen LogP contribution in [0.1, 0.15) is 25.7 Å². The minimum absolute atomic E-state index is 0.0824. The van der Waals surface area contributed by atoms with Gasteiger partial charge in [0.15, 0.2) is 0 Å². The number of hydrogen-bond donors (Lipinski definition) is 1. The Labute approximate surface area is 127 Å². The summed E-state index contributed by atoms with van der Waals surface area (Å²) in [4.78, 5) is 10.5. The van der Waals surface area contributed by atoms with Crippen LogP contribution in [0.4, 0.5) is 5.69 Å². The normalized spacial score (nSPS) is 25.1. The van der Waals surface area contributed by atoms with Gasteiger partial charge in [-0.1, -0.05) is 17.7 Å². The van der Waals surface area contributed by atoms with E-state index in [4.69, 9.17) is 16.3 Å². The first kappa shape index (κ1) is 15.5. The van der Waals surface area contributed by atoms with Crippen molar-refractivity contribution >= 4 is 17.3 Å². The largest absolute Gasteiger partial charge is 0.482 e. The highest BCUT2D eigenvalue weighted by Gasteiger charge is 2.37. The predicted molar refractivity (Wildman–Crippen MR) is 78.4 cm³/mol. The second kappa shape index (κ2) is 6.29. The van der Waals surface area contributed by atoms with Crippen molar-refractivity contribution < 1.29 is 9.66 Å². The van der Waals surface area contributed by atoms with Crippen LogP contribution in [0.15, 0.2) is 18.2 Å². The fraction of sp³-hybridized carbons (Fsp3) is 0.500. The van der Waals surface area contributed by atoms with Crippen molar-refractivity contribution in [1.82, 2.24) is 5.32 Å². The van der Waals surface area contributed by atoms with E-state index < -0.39 is 10.5 Å². The minimum Gasteiger partial charge on any atom is -0.482 e. The third kappa shape index (κ3) is 3.26. The monoisotopic (exact) mass is 309 g/mol. The van der Waals surface area contributed by atoms with Crippen molar-refractivity contribution in [3.63, 3.8) is 0 Å². The van der Waals surface area contributed by atoms with Crippen molar-refractivity contribution in [1.29, 1.82) is 5.26 Å². The van der Waals surface area contributed by atoms with Crippen LogP contribution >= 0.6 is 11.6 Å². The van der Waals surface area contributed by atoms with Gasteiger partial charge < -0.3 is 10.1 Å². The van der Waals surface area contributed by atoms with Crippen LogP contribution in [-0.4, -0.2) is 23.6 Å². The number of para-hydroxylation sites is 1. The molecule has 0 spiro atoms. The highest BCUT2D eigenvalue weighted by atomic mass is 35.5. The summed E-state index contributed by atoms with van der Waals surface area (Å²) in [6.07, 6.45) is 2.50. The predicted octanol–water partition coefficient (Wildman–Crippen LogP) is 3.05. The SMILES string of the molecule is CNC1(C#N)CCCC(Oc2c(Cl)cccc2[N+](=O)[O-])C1. The topological polar surface area (TPSA) is 88.2 Å². The summed E-state index contributed by atoms with van der Waals surface area (Å²) >= 11 is 6.02. The number of nitrogens with one attached hydrogen (secondary N) is 1. The lowest BCUT2D eigenvalue weighted by Crippen LogP contribution is -2.48. The standard InChI is InChI=1S/C14H16ClN3O3/c1-17-14(9-16)7-3-4-10(8-14)21-13-11(15)5-2-6-12(13)18(19)20/h2,5-6,10,17H,3-4,7-8H2,1H3. The van der Waals surface area contributed by atoms with E-state index in [1.165, 1.54) is 12.1 Å². The number of nitrogens with zero attached hydrogens (tertiary/aromatic N) is 2. The van der Waals surface area contributed by atoms with Crippen molar-refractivity contribution in [3.05, 3.63) is 33.3 Å². The van der Waals surface area contributed by atoms with Crippen LogP contribution in [0.2, 0.25) is 5.02 Å². The van der Waals surface area contributed by atoms with Gasteiger partial charge in [-0.3, -0.25) is 10.1 Å². The van der Waals surface area contributed by atoms with Gasteiger partial charge in [-0.25, -0.2) is 0 Å². The molecule has 2 rings (SSSR count). The molecular formula is C14H16ClN3O3. The zero-order valence-electron chi connectivity index (χ0n) is 11.6. The van der Waals surface area contributed by atoms with Gasteiger partial charge in [0.1, 0.15) is 11.6 Å². The molecule has 0 aromatic heterocycles. The van der Waals surface area contributed by atoms with Crippen molar-refractivity contribution in [2.45, 2.75) is 37.3 Å². The Morgan fingerprint density at radius 3 is 3.00 bits per heavy atom. The lowest BCUT2D eigenvalue weighted by Gasteiger charge is -2.35. The Morgan fingerprint density at radius 2 is 2.38 bits per heavy atom. The fourth-order valence-electron chi connectivity index (χ4n) is 2.63. The molecule has 0 aliphatic heterocycles. The average molecular weight is 310 g/mol. The van der Waals surface area contributed by atoms with E-state index in [0.717, 1.165) is 19.3 Å². The van der Waals surface area contributed by atoms with Gasteiger partial charge in [-0.2, -0.15) is 5.26 Å². The van der Waals surface area contributed by atoms with Crippen molar-refractivity contribution in [2.75, 3.05) is 7.05 Å². The maximum absolute atomic E-state index is 11.1. The number of benzene rings is 1.